The van der Waals surface area contributed by atoms with Gasteiger partial charge in [0.1, 0.15) is 11.5 Å². The maximum atomic E-state index is 10.1. The largest absolute Gasteiger partial charge is 0.508 e. The fourth-order valence-electron chi connectivity index (χ4n) is 4.96. The van der Waals surface area contributed by atoms with Crippen LogP contribution in [0.4, 0.5) is 0 Å². The minimum Gasteiger partial charge on any atom is -0.508 e. The van der Waals surface area contributed by atoms with E-state index in [1.807, 2.05) is 6.07 Å². The van der Waals surface area contributed by atoms with E-state index in [4.69, 9.17) is 0 Å². The minimum absolute atomic E-state index is 0.00855. The smallest absolute Gasteiger partial charge is 0.160 e. The average molecular weight is 457 g/mol. The first-order chi connectivity index (χ1) is 16.0. The van der Waals surface area contributed by atoms with E-state index in [0.29, 0.717) is 6.04 Å². The van der Waals surface area contributed by atoms with Crippen molar-refractivity contribution in [1.82, 2.24) is 10.2 Å². The van der Waals surface area contributed by atoms with Gasteiger partial charge in [-0.25, -0.2) is 0 Å². The highest BCUT2D eigenvalue weighted by Crippen LogP contribution is 2.36. The number of nitrogens with zero attached hydrogens (tertiary/aromatic N) is 1. The lowest BCUT2D eigenvalue weighted by atomic mass is 9.86. The molecule has 0 saturated heterocycles. The first-order valence-corrected chi connectivity index (χ1v) is 12.5. The van der Waals surface area contributed by atoms with Crippen molar-refractivity contribution in [2.24, 2.45) is 0 Å². The van der Waals surface area contributed by atoms with Crippen molar-refractivity contribution in [2.45, 2.75) is 70.8 Å². The number of phenolic OH excluding ortho intramolecular Hbond substituents is 4. The van der Waals surface area contributed by atoms with Gasteiger partial charge in [-0.15, -0.1) is 0 Å². The van der Waals surface area contributed by atoms with E-state index in [1.54, 1.807) is 18.2 Å². The average Bonchev–Trinajstić information content (AvgIpc) is 2.79. The molecule has 1 aliphatic rings. The number of nitrogens with one attached hydrogen (secondary N) is 1. The van der Waals surface area contributed by atoms with Crippen molar-refractivity contribution in [2.75, 3.05) is 26.2 Å². The predicted octanol–water partition coefficient (Wildman–Crippen LogP) is 4.47. The Morgan fingerprint density at radius 1 is 0.909 bits per heavy atom. The van der Waals surface area contributed by atoms with Gasteiger partial charge in [0, 0.05) is 17.7 Å². The molecule has 0 fully saturated rings. The lowest BCUT2D eigenvalue weighted by Crippen LogP contribution is -2.40. The molecule has 6 heteroatoms. The Morgan fingerprint density at radius 3 is 2.42 bits per heavy atom. The van der Waals surface area contributed by atoms with E-state index in [0.717, 1.165) is 75.8 Å². The molecular formula is C27H40N2O4. The predicted molar refractivity (Wildman–Crippen MR) is 132 cm³/mol. The van der Waals surface area contributed by atoms with Gasteiger partial charge in [-0.2, -0.15) is 0 Å². The zero-order valence-electron chi connectivity index (χ0n) is 19.9. The van der Waals surface area contributed by atoms with Crippen LogP contribution in [0.1, 0.15) is 62.1 Å². The number of hydrogen-bond acceptors (Lipinski definition) is 6. The molecule has 0 saturated carbocycles. The van der Waals surface area contributed by atoms with Crippen molar-refractivity contribution in [1.29, 1.82) is 0 Å². The van der Waals surface area contributed by atoms with Crippen LogP contribution in [-0.4, -0.2) is 57.5 Å². The first kappa shape index (κ1) is 25.2. The van der Waals surface area contributed by atoms with Gasteiger partial charge in [-0.05, 0) is 100 Å². The number of rotatable bonds is 13. The Morgan fingerprint density at radius 2 is 1.67 bits per heavy atom. The number of phenols is 4. The first-order valence-electron chi connectivity index (χ1n) is 12.5. The van der Waals surface area contributed by atoms with E-state index in [1.165, 1.54) is 30.9 Å². The fraction of sp³-hybridized carbons (Fsp3) is 0.556. The van der Waals surface area contributed by atoms with E-state index in [-0.39, 0.29) is 23.0 Å². The van der Waals surface area contributed by atoms with Gasteiger partial charge in [0.05, 0.1) is 0 Å². The molecule has 2 aromatic rings. The van der Waals surface area contributed by atoms with Crippen LogP contribution in [0, 0.1) is 0 Å². The summed E-state index contributed by atoms with van der Waals surface area (Å²) in [6, 6.07) is 8.84. The zero-order valence-corrected chi connectivity index (χ0v) is 19.9. The molecule has 0 bridgehead atoms. The van der Waals surface area contributed by atoms with E-state index in [9.17, 15) is 20.4 Å². The van der Waals surface area contributed by atoms with Crippen molar-refractivity contribution in [3.8, 4) is 23.0 Å². The number of fused-ring (bicyclic) bond motifs is 1. The molecular weight excluding hydrogens is 416 g/mol. The third kappa shape index (κ3) is 7.54. The Hall–Kier alpha value is -2.44. The number of unbranched alkanes of at least 4 members (excludes halogenated alkanes) is 3. The van der Waals surface area contributed by atoms with Crippen LogP contribution in [-0.2, 0) is 19.3 Å². The quantitative estimate of drug-likeness (QED) is 0.225. The molecule has 0 aromatic heterocycles. The van der Waals surface area contributed by atoms with Crippen LogP contribution in [0.5, 0.6) is 23.0 Å². The third-order valence-corrected chi connectivity index (χ3v) is 6.67. The monoisotopic (exact) mass is 456 g/mol. The molecule has 1 atom stereocenters. The summed E-state index contributed by atoms with van der Waals surface area (Å²) in [6.07, 6.45) is 9.52. The SMILES string of the molecule is CCCN(CCCCCCNCCc1cc(O)cc(O)c1)[C@H]1CCc2c(ccc(O)c2O)C1. The molecule has 0 unspecified atom stereocenters. The molecule has 0 radical (unpaired) electrons. The van der Waals surface area contributed by atoms with Gasteiger partial charge in [0.25, 0.3) is 0 Å². The summed E-state index contributed by atoms with van der Waals surface area (Å²) >= 11 is 0. The highest BCUT2D eigenvalue weighted by molar-refractivity contribution is 5.50. The number of hydrogen-bond donors (Lipinski definition) is 5. The van der Waals surface area contributed by atoms with Gasteiger partial charge < -0.3 is 30.6 Å². The number of aromatic hydroxyl groups is 4. The maximum absolute atomic E-state index is 10.1. The van der Waals surface area contributed by atoms with Crippen molar-refractivity contribution in [3.63, 3.8) is 0 Å². The highest BCUT2D eigenvalue weighted by Gasteiger charge is 2.26. The standard InChI is InChI=1S/C27H40N2O4/c1-2-14-29(22-8-9-25-21(18-22)7-10-26(32)27(25)33)15-6-4-3-5-12-28-13-11-20-16-23(30)19-24(31)17-20/h7,10,16-17,19,22,28,30-33H,2-6,8-9,11-15,18H2,1H3/t22-/m0/s1. The summed E-state index contributed by atoms with van der Waals surface area (Å²) in [5.41, 5.74) is 3.04. The third-order valence-electron chi connectivity index (χ3n) is 6.67. The Labute approximate surface area is 197 Å². The van der Waals surface area contributed by atoms with Crippen LogP contribution in [0.3, 0.4) is 0 Å². The summed E-state index contributed by atoms with van der Waals surface area (Å²) in [5.74, 6) is 0.279. The molecule has 3 rings (SSSR count). The molecule has 182 valence electrons. The molecule has 0 amide bonds. The minimum atomic E-state index is -0.00855. The molecule has 1 aliphatic carbocycles. The normalized spacial score (nSPS) is 15.6. The van der Waals surface area contributed by atoms with Crippen molar-refractivity contribution in [3.05, 3.63) is 47.0 Å². The second-order valence-corrected chi connectivity index (χ2v) is 9.28. The molecule has 33 heavy (non-hydrogen) atoms. The Balaban J connectivity index is 1.31. The van der Waals surface area contributed by atoms with Crippen LogP contribution < -0.4 is 5.32 Å². The maximum Gasteiger partial charge on any atom is 0.160 e. The molecule has 2 aromatic carbocycles. The molecule has 5 N–H and O–H groups in total. The van der Waals surface area contributed by atoms with E-state index in [2.05, 4.69) is 17.1 Å². The summed E-state index contributed by atoms with van der Waals surface area (Å²) in [4.78, 5) is 2.62. The second kappa shape index (κ2) is 12.7. The van der Waals surface area contributed by atoms with Crippen LogP contribution in [0.2, 0.25) is 0 Å². The highest BCUT2D eigenvalue weighted by atomic mass is 16.3. The molecule has 6 nitrogen and oxygen atoms in total. The van der Waals surface area contributed by atoms with Crippen molar-refractivity contribution < 1.29 is 20.4 Å². The molecule has 0 spiro atoms. The van der Waals surface area contributed by atoms with E-state index >= 15 is 0 Å². The van der Waals surface area contributed by atoms with E-state index < -0.39 is 0 Å². The second-order valence-electron chi connectivity index (χ2n) is 9.28. The molecule has 0 heterocycles. The van der Waals surface area contributed by atoms with Gasteiger partial charge in [-0.3, -0.25) is 0 Å². The van der Waals surface area contributed by atoms with Gasteiger partial charge in [-0.1, -0.05) is 25.8 Å². The lowest BCUT2D eigenvalue weighted by Gasteiger charge is -2.35. The zero-order chi connectivity index (χ0) is 23.6. The van der Waals surface area contributed by atoms with Crippen LogP contribution in [0.25, 0.3) is 0 Å². The van der Waals surface area contributed by atoms with Crippen molar-refractivity contribution >= 4 is 0 Å². The number of benzene rings is 2. The van der Waals surface area contributed by atoms with Crippen LogP contribution >= 0.6 is 0 Å². The van der Waals surface area contributed by atoms with Gasteiger partial charge >= 0.3 is 0 Å². The van der Waals surface area contributed by atoms with Crippen LogP contribution in [0.15, 0.2) is 30.3 Å². The summed E-state index contributed by atoms with van der Waals surface area (Å²) in [7, 11) is 0. The van der Waals surface area contributed by atoms with Gasteiger partial charge in [0.15, 0.2) is 11.5 Å². The summed E-state index contributed by atoms with van der Waals surface area (Å²) in [5, 5.41) is 42.4. The Bertz CT molecular complexity index is 866. The lowest BCUT2D eigenvalue weighted by molar-refractivity contribution is 0.175. The summed E-state index contributed by atoms with van der Waals surface area (Å²) in [6.45, 7) is 6.28. The molecule has 0 aliphatic heterocycles. The summed E-state index contributed by atoms with van der Waals surface area (Å²) < 4.78 is 0. The Kier molecular flexibility index (Phi) is 9.70. The fourth-order valence-corrected chi connectivity index (χ4v) is 4.96. The van der Waals surface area contributed by atoms with Gasteiger partial charge in [0.2, 0.25) is 0 Å². The topological polar surface area (TPSA) is 96.2 Å².